The van der Waals surface area contributed by atoms with Crippen LogP contribution in [0.5, 0.6) is 0 Å². The van der Waals surface area contributed by atoms with Crippen LogP contribution in [0.2, 0.25) is 0 Å². The number of hydrogen-bond donors (Lipinski definition) is 2. The minimum Gasteiger partial charge on any atom is -0.463 e. The average molecular weight is 545 g/mol. The molecule has 0 aromatic heterocycles. The van der Waals surface area contributed by atoms with Crippen molar-refractivity contribution in [3.05, 3.63) is 49.6 Å². The lowest BCUT2D eigenvalue weighted by atomic mass is 10.3. The second kappa shape index (κ2) is 30.0. The van der Waals surface area contributed by atoms with E-state index in [0.29, 0.717) is 37.2 Å². The number of carbonyl (C=O) groups excluding carboxylic acids is 4. The van der Waals surface area contributed by atoms with Crippen molar-refractivity contribution in [1.29, 1.82) is 0 Å². The quantitative estimate of drug-likeness (QED) is 0.187. The smallest absolute Gasteiger partial charge is 0.333 e. The van der Waals surface area contributed by atoms with E-state index in [0.717, 1.165) is 25.0 Å². The Hall–Kier alpha value is -3.24. The number of aliphatic hydroxyl groups is 2. The van der Waals surface area contributed by atoms with Gasteiger partial charge >= 0.3 is 23.9 Å². The summed E-state index contributed by atoms with van der Waals surface area (Å²) < 4.78 is 18.5. The maximum atomic E-state index is 10.7. The molecular weight excluding hydrogens is 496 g/mol. The molecule has 0 radical (unpaired) electrons. The van der Waals surface area contributed by atoms with E-state index in [-0.39, 0.29) is 25.2 Å². The molecule has 0 saturated heterocycles. The first kappa shape index (κ1) is 41.9. The van der Waals surface area contributed by atoms with Gasteiger partial charge in [-0.25, -0.2) is 19.2 Å². The van der Waals surface area contributed by atoms with E-state index in [2.05, 4.69) is 40.5 Å². The number of carbonyl (C=O) groups is 4. The van der Waals surface area contributed by atoms with Gasteiger partial charge in [0, 0.05) is 23.3 Å². The van der Waals surface area contributed by atoms with Gasteiger partial charge in [-0.05, 0) is 39.5 Å². The van der Waals surface area contributed by atoms with E-state index in [1.54, 1.807) is 13.8 Å². The number of rotatable bonds is 14. The molecule has 220 valence electrons. The molecule has 10 heteroatoms. The van der Waals surface area contributed by atoms with Gasteiger partial charge in [-0.15, -0.1) is 0 Å². The van der Waals surface area contributed by atoms with E-state index in [4.69, 9.17) is 14.9 Å². The summed E-state index contributed by atoms with van der Waals surface area (Å²) in [6.07, 6.45) is 4.02. The van der Waals surface area contributed by atoms with E-state index in [1.165, 1.54) is 0 Å². The molecule has 0 aromatic rings. The van der Waals surface area contributed by atoms with Crippen LogP contribution in [0.3, 0.4) is 0 Å². The molecule has 38 heavy (non-hydrogen) atoms. The predicted molar refractivity (Wildman–Crippen MR) is 147 cm³/mol. The summed E-state index contributed by atoms with van der Waals surface area (Å²) >= 11 is 0. The molecule has 0 aliphatic carbocycles. The second-order valence-electron chi connectivity index (χ2n) is 7.62. The maximum Gasteiger partial charge on any atom is 0.333 e. The Morgan fingerprint density at radius 2 is 1.00 bits per heavy atom. The highest BCUT2D eigenvalue weighted by molar-refractivity contribution is 5.87. The van der Waals surface area contributed by atoms with E-state index in [9.17, 15) is 19.2 Å². The fourth-order valence-electron chi connectivity index (χ4n) is 1.35. The monoisotopic (exact) mass is 544 g/mol. The first-order valence-electron chi connectivity index (χ1n) is 12.4. The third kappa shape index (κ3) is 34.9. The molecule has 10 nitrogen and oxygen atoms in total. The van der Waals surface area contributed by atoms with Crippen molar-refractivity contribution < 1.29 is 48.3 Å². The minimum atomic E-state index is -0.557. The van der Waals surface area contributed by atoms with Crippen molar-refractivity contribution in [3.63, 3.8) is 0 Å². The van der Waals surface area contributed by atoms with E-state index < -0.39 is 24.1 Å². The number of hydrogen-bond acceptors (Lipinski definition) is 10. The van der Waals surface area contributed by atoms with E-state index in [1.807, 2.05) is 27.7 Å². The lowest BCUT2D eigenvalue weighted by Crippen LogP contribution is -2.17. The largest absolute Gasteiger partial charge is 0.463 e. The standard InChI is InChI=1S/C8H14O3.C7H12O3.C7H12O2.C6H10O2/c1-4-7(9)5-11-8(10)6(2)3;1-3-6(8)5-10-7(9)4-2;1-4-5-9-7(8)6(2)3;1-3-5-8-6(7)4-2/h7,9H,2,4-5H2,1,3H3;4,6,8H,2-3,5H2,1H3;2,4-5H2,1,3H3;4H,2-3,5H2,1H3. The normalized spacial score (nSPS) is 10.5. The van der Waals surface area contributed by atoms with Crippen molar-refractivity contribution in [3.8, 4) is 0 Å². The van der Waals surface area contributed by atoms with Crippen LogP contribution in [0.1, 0.15) is 67.2 Å². The van der Waals surface area contributed by atoms with Crippen molar-refractivity contribution in [2.24, 2.45) is 0 Å². The molecule has 0 spiro atoms. The van der Waals surface area contributed by atoms with Gasteiger partial charge in [0.15, 0.2) is 0 Å². The summed E-state index contributed by atoms with van der Waals surface area (Å²) in [5, 5.41) is 17.9. The zero-order chi connectivity index (χ0) is 30.5. The molecule has 0 saturated carbocycles. The Balaban J connectivity index is -0.000000204. The molecule has 0 aliphatic rings. The topological polar surface area (TPSA) is 146 Å². The molecular formula is C28H48O10. The zero-order valence-electron chi connectivity index (χ0n) is 24.0. The summed E-state index contributed by atoms with van der Waals surface area (Å²) in [7, 11) is 0. The van der Waals surface area contributed by atoms with Crippen LogP contribution < -0.4 is 0 Å². The lowest BCUT2D eigenvalue weighted by Gasteiger charge is -2.07. The molecule has 2 N–H and O–H groups in total. The van der Waals surface area contributed by atoms with Crippen LogP contribution in [0, 0.1) is 0 Å². The molecule has 0 heterocycles. The second-order valence-corrected chi connectivity index (χ2v) is 7.62. The maximum absolute atomic E-state index is 10.7. The minimum absolute atomic E-state index is 0.0569. The van der Waals surface area contributed by atoms with Gasteiger partial charge in [-0.3, -0.25) is 0 Å². The highest BCUT2D eigenvalue weighted by Crippen LogP contribution is 1.96. The predicted octanol–water partition coefficient (Wildman–Crippen LogP) is 4.00. The Morgan fingerprint density at radius 1 is 0.658 bits per heavy atom. The van der Waals surface area contributed by atoms with Crippen LogP contribution in [-0.4, -0.2) is 72.7 Å². The Bertz CT molecular complexity index is 712. The van der Waals surface area contributed by atoms with Crippen LogP contribution in [0.4, 0.5) is 0 Å². The van der Waals surface area contributed by atoms with Crippen molar-refractivity contribution in [2.75, 3.05) is 26.4 Å². The van der Waals surface area contributed by atoms with Crippen LogP contribution in [-0.2, 0) is 38.1 Å². The molecule has 0 rings (SSSR count). The van der Waals surface area contributed by atoms with Gasteiger partial charge in [0.25, 0.3) is 0 Å². The van der Waals surface area contributed by atoms with E-state index >= 15 is 0 Å². The Kier molecular flexibility index (Phi) is 33.0. The molecule has 0 aliphatic heterocycles. The summed E-state index contributed by atoms with van der Waals surface area (Å²) in [6, 6.07) is 0. The van der Waals surface area contributed by atoms with Gasteiger partial charge in [0.1, 0.15) is 13.2 Å². The third-order valence-corrected chi connectivity index (χ3v) is 3.68. The van der Waals surface area contributed by atoms with Crippen molar-refractivity contribution in [1.82, 2.24) is 0 Å². The van der Waals surface area contributed by atoms with Gasteiger partial charge in [-0.1, -0.05) is 54.0 Å². The first-order valence-corrected chi connectivity index (χ1v) is 12.4. The Labute approximate surface area is 228 Å². The Morgan fingerprint density at radius 3 is 1.34 bits per heavy atom. The van der Waals surface area contributed by atoms with Gasteiger partial charge in [0.2, 0.25) is 0 Å². The van der Waals surface area contributed by atoms with Gasteiger partial charge in [-0.2, -0.15) is 0 Å². The molecule has 0 aromatic carbocycles. The lowest BCUT2D eigenvalue weighted by molar-refractivity contribution is -0.142. The van der Waals surface area contributed by atoms with Crippen LogP contribution >= 0.6 is 0 Å². The first-order chi connectivity index (χ1) is 17.8. The van der Waals surface area contributed by atoms with Crippen LogP contribution in [0.15, 0.2) is 49.6 Å². The molecule has 2 unspecified atom stereocenters. The SMILES string of the molecule is C=C(C)C(=O)OCC(O)CC.C=C(C)C(=O)OCCC.C=CC(=O)OCC(O)CC.C=CC(=O)OCCC. The molecule has 0 fully saturated rings. The number of esters is 4. The highest BCUT2D eigenvalue weighted by atomic mass is 16.5. The van der Waals surface area contributed by atoms with Crippen molar-refractivity contribution in [2.45, 2.75) is 79.4 Å². The molecule has 0 amide bonds. The average Bonchev–Trinajstić information content (AvgIpc) is 2.91. The molecule has 2 atom stereocenters. The third-order valence-electron chi connectivity index (χ3n) is 3.68. The van der Waals surface area contributed by atoms with Gasteiger partial charge < -0.3 is 29.2 Å². The number of ether oxygens (including phenoxy) is 4. The summed E-state index contributed by atoms with van der Waals surface area (Å²) in [6.45, 7) is 25.1. The summed E-state index contributed by atoms with van der Waals surface area (Å²) in [5.41, 5.74) is 0.816. The number of aliphatic hydroxyl groups excluding tert-OH is 2. The van der Waals surface area contributed by atoms with Crippen LogP contribution in [0.25, 0.3) is 0 Å². The summed E-state index contributed by atoms with van der Waals surface area (Å²) in [4.78, 5) is 41.9. The fraction of sp³-hybridized carbons (Fsp3) is 0.571. The molecule has 0 bridgehead atoms. The highest BCUT2D eigenvalue weighted by Gasteiger charge is 2.06. The summed E-state index contributed by atoms with van der Waals surface area (Å²) in [5.74, 6) is -1.58. The van der Waals surface area contributed by atoms with Crippen molar-refractivity contribution >= 4 is 23.9 Å². The van der Waals surface area contributed by atoms with Gasteiger partial charge in [0.05, 0.1) is 25.4 Å². The zero-order valence-corrected chi connectivity index (χ0v) is 24.0. The fourth-order valence-corrected chi connectivity index (χ4v) is 1.35.